The maximum atomic E-state index is 9.22. The monoisotopic (exact) mass is 261 g/mol. The average molecular weight is 262 g/mol. The van der Waals surface area contributed by atoms with E-state index >= 15 is 0 Å². The Morgan fingerprint density at radius 3 is 2.47 bits per heavy atom. The number of rotatable bonds is 7. The van der Waals surface area contributed by atoms with E-state index in [2.05, 4.69) is 0 Å². The van der Waals surface area contributed by atoms with Gasteiger partial charge in [0.25, 0.3) is 0 Å². The van der Waals surface area contributed by atoms with Crippen LogP contribution in [0.2, 0.25) is 0 Å². The van der Waals surface area contributed by atoms with Gasteiger partial charge in [-0.15, -0.1) is 12.4 Å². The predicted molar refractivity (Wildman–Crippen MR) is 69.8 cm³/mol. The molecule has 4 nitrogen and oxygen atoms in total. The summed E-state index contributed by atoms with van der Waals surface area (Å²) < 4.78 is 10.3. The topological polar surface area (TPSA) is 64.7 Å². The Bertz CT molecular complexity index is 292. The largest absolute Gasteiger partial charge is 0.491 e. The smallest absolute Gasteiger partial charge is 0.119 e. The summed E-state index contributed by atoms with van der Waals surface area (Å²) in [5.41, 5.74) is 6.47. The molecule has 3 N–H and O–H groups in total. The number of halogens is 1. The highest BCUT2D eigenvalue weighted by molar-refractivity contribution is 5.85. The molecule has 0 aromatic heterocycles. The van der Waals surface area contributed by atoms with Gasteiger partial charge in [-0.1, -0.05) is 12.1 Å². The number of nitrogens with two attached hydrogens (primary N) is 1. The maximum absolute atomic E-state index is 9.22. The molecule has 0 aliphatic rings. The first-order chi connectivity index (χ1) is 7.76. The van der Waals surface area contributed by atoms with Gasteiger partial charge < -0.3 is 20.3 Å². The minimum absolute atomic E-state index is 0. The van der Waals surface area contributed by atoms with Crippen LogP contribution in [0.15, 0.2) is 24.3 Å². The molecular weight excluding hydrogens is 242 g/mol. The number of methoxy groups -OCH3 is 1. The van der Waals surface area contributed by atoms with Crippen molar-refractivity contribution in [2.24, 2.45) is 5.73 Å². The molecule has 0 heterocycles. The van der Waals surface area contributed by atoms with Crippen LogP contribution in [-0.4, -0.2) is 38.1 Å². The lowest BCUT2D eigenvalue weighted by molar-refractivity contribution is 0.114. The summed E-state index contributed by atoms with van der Waals surface area (Å²) >= 11 is 0. The van der Waals surface area contributed by atoms with Gasteiger partial charge in [0, 0.05) is 13.7 Å². The Balaban J connectivity index is 0.00000256. The number of hydrogen-bond donors (Lipinski definition) is 2. The van der Waals surface area contributed by atoms with Crippen molar-refractivity contribution >= 4 is 12.4 Å². The van der Waals surface area contributed by atoms with E-state index in [0.717, 1.165) is 12.2 Å². The summed E-state index contributed by atoms with van der Waals surface area (Å²) in [6.45, 7) is 1.16. The van der Waals surface area contributed by atoms with Gasteiger partial charge in [-0.2, -0.15) is 0 Å². The lowest BCUT2D eigenvalue weighted by Crippen LogP contribution is -2.26. The number of aliphatic hydroxyl groups is 1. The highest BCUT2D eigenvalue weighted by Crippen LogP contribution is 2.12. The minimum atomic E-state index is -0.604. The van der Waals surface area contributed by atoms with E-state index in [1.165, 1.54) is 5.56 Å². The standard InChI is InChI=1S/C12H19NO3.ClH/c1-15-7-6-10-2-4-12(5-3-10)16-9-11(14)8-13;/h2-5,11,14H,6-9,13H2,1H3;1H. The molecule has 0 saturated carbocycles. The summed E-state index contributed by atoms with van der Waals surface area (Å²) in [6, 6.07) is 7.74. The molecule has 0 fully saturated rings. The van der Waals surface area contributed by atoms with E-state index in [0.29, 0.717) is 6.61 Å². The molecule has 1 atom stereocenters. The Morgan fingerprint density at radius 2 is 1.94 bits per heavy atom. The molecule has 1 unspecified atom stereocenters. The summed E-state index contributed by atoms with van der Waals surface area (Å²) in [5, 5.41) is 9.22. The Hall–Kier alpha value is -0.810. The van der Waals surface area contributed by atoms with Gasteiger partial charge in [0.2, 0.25) is 0 Å². The Labute approximate surface area is 108 Å². The summed E-state index contributed by atoms with van der Waals surface area (Å²) in [5.74, 6) is 0.744. The number of benzene rings is 1. The summed E-state index contributed by atoms with van der Waals surface area (Å²) in [4.78, 5) is 0. The van der Waals surface area contributed by atoms with Crippen LogP contribution in [0.3, 0.4) is 0 Å². The summed E-state index contributed by atoms with van der Waals surface area (Å²) in [7, 11) is 1.69. The second-order valence-corrected chi connectivity index (χ2v) is 3.59. The van der Waals surface area contributed by atoms with Crippen molar-refractivity contribution in [3.63, 3.8) is 0 Å². The number of aliphatic hydroxyl groups excluding tert-OH is 1. The first-order valence-corrected chi connectivity index (χ1v) is 5.35. The van der Waals surface area contributed by atoms with Crippen molar-refractivity contribution in [2.75, 3.05) is 26.9 Å². The van der Waals surface area contributed by atoms with Crippen molar-refractivity contribution in [3.05, 3.63) is 29.8 Å². The molecule has 0 amide bonds. The van der Waals surface area contributed by atoms with Crippen LogP contribution in [0, 0.1) is 0 Å². The van der Waals surface area contributed by atoms with Crippen LogP contribution >= 0.6 is 12.4 Å². The predicted octanol–water partition coefficient (Wildman–Crippen LogP) is 0.996. The molecule has 0 aliphatic carbocycles. The lowest BCUT2D eigenvalue weighted by Gasteiger charge is -2.10. The quantitative estimate of drug-likeness (QED) is 0.769. The summed E-state index contributed by atoms with van der Waals surface area (Å²) in [6.07, 6.45) is 0.288. The van der Waals surface area contributed by atoms with Crippen LogP contribution in [0.5, 0.6) is 5.75 Å². The maximum Gasteiger partial charge on any atom is 0.119 e. The van der Waals surface area contributed by atoms with Gasteiger partial charge in [-0.3, -0.25) is 0 Å². The molecule has 0 radical (unpaired) electrons. The Morgan fingerprint density at radius 1 is 1.29 bits per heavy atom. The van der Waals surface area contributed by atoms with E-state index in [-0.39, 0.29) is 25.6 Å². The first kappa shape index (κ1) is 16.2. The van der Waals surface area contributed by atoms with Crippen molar-refractivity contribution in [3.8, 4) is 5.75 Å². The fourth-order valence-electron chi connectivity index (χ4n) is 1.23. The van der Waals surface area contributed by atoms with Crippen molar-refractivity contribution in [1.82, 2.24) is 0 Å². The average Bonchev–Trinajstić information content (AvgIpc) is 2.34. The van der Waals surface area contributed by atoms with Crippen molar-refractivity contribution < 1.29 is 14.6 Å². The van der Waals surface area contributed by atoms with Gasteiger partial charge in [-0.25, -0.2) is 0 Å². The third kappa shape index (κ3) is 6.48. The Kier molecular flexibility index (Phi) is 8.80. The minimum Gasteiger partial charge on any atom is -0.491 e. The zero-order valence-corrected chi connectivity index (χ0v) is 10.8. The molecule has 1 aromatic rings. The molecular formula is C12H20ClNO3. The molecule has 0 spiro atoms. The van der Waals surface area contributed by atoms with Crippen LogP contribution in [0.1, 0.15) is 5.56 Å². The molecule has 17 heavy (non-hydrogen) atoms. The van der Waals surface area contributed by atoms with Crippen molar-refractivity contribution in [1.29, 1.82) is 0 Å². The normalized spacial score (nSPS) is 11.7. The van der Waals surface area contributed by atoms with Gasteiger partial charge in [0.15, 0.2) is 0 Å². The molecule has 0 saturated heterocycles. The fraction of sp³-hybridized carbons (Fsp3) is 0.500. The third-order valence-corrected chi connectivity index (χ3v) is 2.23. The highest BCUT2D eigenvalue weighted by Gasteiger charge is 2.02. The molecule has 1 aromatic carbocycles. The highest BCUT2D eigenvalue weighted by atomic mass is 35.5. The zero-order valence-electron chi connectivity index (χ0n) is 9.96. The molecule has 1 rings (SSSR count). The first-order valence-electron chi connectivity index (χ1n) is 5.35. The molecule has 0 aliphatic heterocycles. The lowest BCUT2D eigenvalue weighted by atomic mass is 10.1. The zero-order chi connectivity index (χ0) is 11.8. The van der Waals surface area contributed by atoms with Gasteiger partial charge in [-0.05, 0) is 24.1 Å². The second kappa shape index (κ2) is 9.24. The molecule has 0 bridgehead atoms. The third-order valence-electron chi connectivity index (χ3n) is 2.23. The van der Waals surface area contributed by atoms with Gasteiger partial charge in [0.1, 0.15) is 18.5 Å². The second-order valence-electron chi connectivity index (χ2n) is 3.59. The number of ether oxygens (including phenoxy) is 2. The van der Waals surface area contributed by atoms with Gasteiger partial charge >= 0.3 is 0 Å². The molecule has 5 heteroatoms. The van der Waals surface area contributed by atoms with E-state index in [1.54, 1.807) is 7.11 Å². The van der Waals surface area contributed by atoms with Crippen molar-refractivity contribution in [2.45, 2.75) is 12.5 Å². The fourth-order valence-corrected chi connectivity index (χ4v) is 1.23. The number of hydrogen-bond acceptors (Lipinski definition) is 4. The molecule has 98 valence electrons. The van der Waals surface area contributed by atoms with E-state index in [4.69, 9.17) is 15.2 Å². The SMILES string of the molecule is COCCc1ccc(OCC(O)CN)cc1.Cl. The van der Waals surface area contributed by atoms with E-state index in [1.807, 2.05) is 24.3 Å². The van der Waals surface area contributed by atoms with Crippen LogP contribution < -0.4 is 10.5 Å². The van der Waals surface area contributed by atoms with E-state index in [9.17, 15) is 5.11 Å². The van der Waals surface area contributed by atoms with Crippen LogP contribution in [0.25, 0.3) is 0 Å². The van der Waals surface area contributed by atoms with E-state index < -0.39 is 6.10 Å². The van der Waals surface area contributed by atoms with Crippen LogP contribution in [0.4, 0.5) is 0 Å². The van der Waals surface area contributed by atoms with Crippen LogP contribution in [-0.2, 0) is 11.2 Å². The van der Waals surface area contributed by atoms with Gasteiger partial charge in [0.05, 0.1) is 6.61 Å².